The van der Waals surface area contributed by atoms with E-state index in [1.165, 1.54) is 19.2 Å². The van der Waals surface area contributed by atoms with Crippen molar-refractivity contribution in [2.45, 2.75) is 4.90 Å². The number of nitrogens with one attached hydrogen (secondary N) is 1. The predicted molar refractivity (Wildman–Crippen MR) is 89.6 cm³/mol. The zero-order valence-electron chi connectivity index (χ0n) is 11.3. The molecule has 0 amide bonds. The summed E-state index contributed by atoms with van der Waals surface area (Å²) in [5, 5.41) is 11.0. The molecule has 0 atom stereocenters. The average molecular weight is 434 g/mol. The van der Waals surface area contributed by atoms with Crippen molar-refractivity contribution in [1.29, 1.82) is 0 Å². The standard InChI is InChI=1S/C13H11IN2O5S/c1-21-13-7-6-9(8-12(13)16(17)18)22(19,20)15-11-5-3-2-4-10(11)14/h2-8,15H,1H3. The molecule has 0 spiro atoms. The Morgan fingerprint density at radius 1 is 1.23 bits per heavy atom. The number of ether oxygens (including phenoxy) is 1. The summed E-state index contributed by atoms with van der Waals surface area (Å²) >= 11 is 1.99. The largest absolute Gasteiger partial charge is 0.490 e. The van der Waals surface area contributed by atoms with Crippen LogP contribution in [0.25, 0.3) is 0 Å². The van der Waals surface area contributed by atoms with Gasteiger partial charge in [-0.2, -0.15) is 0 Å². The van der Waals surface area contributed by atoms with Crippen LogP contribution in [0.5, 0.6) is 5.75 Å². The number of hydrogen-bond acceptors (Lipinski definition) is 5. The number of nitrogens with zero attached hydrogens (tertiary/aromatic N) is 1. The van der Waals surface area contributed by atoms with Crippen LogP contribution in [0.1, 0.15) is 0 Å². The molecule has 2 aromatic rings. The summed E-state index contributed by atoms with van der Waals surface area (Å²) in [6.07, 6.45) is 0. The second kappa shape index (κ2) is 6.48. The average Bonchev–Trinajstić information content (AvgIpc) is 2.48. The second-order valence-electron chi connectivity index (χ2n) is 4.18. The van der Waals surface area contributed by atoms with Gasteiger partial charge in [0.2, 0.25) is 0 Å². The van der Waals surface area contributed by atoms with Crippen molar-refractivity contribution >= 4 is 44.0 Å². The van der Waals surface area contributed by atoms with E-state index in [9.17, 15) is 18.5 Å². The Kier molecular flexibility index (Phi) is 4.86. The van der Waals surface area contributed by atoms with E-state index in [0.717, 1.165) is 6.07 Å². The summed E-state index contributed by atoms with van der Waals surface area (Å²) in [5.74, 6) is -0.00163. The number of hydrogen-bond donors (Lipinski definition) is 1. The fraction of sp³-hybridized carbons (Fsp3) is 0.0769. The Balaban J connectivity index is 2.44. The number of benzene rings is 2. The highest BCUT2D eigenvalue weighted by atomic mass is 127. The molecule has 9 heteroatoms. The van der Waals surface area contributed by atoms with Gasteiger partial charge in [0, 0.05) is 9.64 Å². The first-order chi connectivity index (χ1) is 10.3. The van der Waals surface area contributed by atoms with Crippen LogP contribution in [0.3, 0.4) is 0 Å². The number of sulfonamides is 1. The number of rotatable bonds is 5. The topological polar surface area (TPSA) is 98.5 Å². The zero-order valence-corrected chi connectivity index (χ0v) is 14.3. The van der Waals surface area contributed by atoms with E-state index in [0.29, 0.717) is 9.26 Å². The molecule has 0 saturated heterocycles. The fourth-order valence-corrected chi connectivity index (χ4v) is 3.53. The minimum absolute atomic E-state index is 0.00163. The van der Waals surface area contributed by atoms with Crippen molar-refractivity contribution in [3.8, 4) is 5.75 Å². The number of para-hydroxylation sites is 1. The molecular weight excluding hydrogens is 423 g/mol. The summed E-state index contributed by atoms with van der Waals surface area (Å²) in [6, 6.07) is 10.3. The molecule has 22 heavy (non-hydrogen) atoms. The third kappa shape index (κ3) is 3.47. The maximum atomic E-state index is 12.4. The van der Waals surface area contributed by atoms with E-state index in [1.54, 1.807) is 24.3 Å². The van der Waals surface area contributed by atoms with Gasteiger partial charge >= 0.3 is 5.69 Å². The first kappa shape index (κ1) is 16.5. The van der Waals surface area contributed by atoms with Crippen LogP contribution in [0.15, 0.2) is 47.4 Å². The Morgan fingerprint density at radius 2 is 1.91 bits per heavy atom. The third-order valence-corrected chi connectivity index (χ3v) is 5.08. The van der Waals surface area contributed by atoms with Crippen molar-refractivity contribution < 1.29 is 18.1 Å². The smallest absolute Gasteiger partial charge is 0.312 e. The number of methoxy groups -OCH3 is 1. The molecule has 2 aromatic carbocycles. The molecular formula is C13H11IN2O5S. The van der Waals surface area contributed by atoms with E-state index < -0.39 is 20.6 Å². The highest BCUT2D eigenvalue weighted by Crippen LogP contribution is 2.30. The summed E-state index contributed by atoms with van der Waals surface area (Å²) in [7, 11) is -2.65. The Hall–Kier alpha value is -1.88. The summed E-state index contributed by atoms with van der Waals surface area (Å²) in [4.78, 5) is 10.1. The number of nitro groups is 1. The third-order valence-electron chi connectivity index (χ3n) is 2.78. The fourth-order valence-electron chi connectivity index (χ4n) is 1.73. The molecule has 0 bridgehead atoms. The Labute approximate surface area is 140 Å². The molecule has 0 heterocycles. The van der Waals surface area contributed by atoms with Crippen LogP contribution in [0, 0.1) is 13.7 Å². The maximum absolute atomic E-state index is 12.4. The molecule has 1 N–H and O–H groups in total. The summed E-state index contributed by atoms with van der Waals surface area (Å²) in [5.41, 5.74) is -0.00490. The van der Waals surface area contributed by atoms with E-state index in [1.807, 2.05) is 22.6 Å². The van der Waals surface area contributed by atoms with Gasteiger partial charge in [-0.25, -0.2) is 8.42 Å². The van der Waals surface area contributed by atoms with E-state index >= 15 is 0 Å². The number of nitro benzene ring substituents is 1. The van der Waals surface area contributed by atoms with Gasteiger partial charge in [-0.3, -0.25) is 14.8 Å². The van der Waals surface area contributed by atoms with Crippen molar-refractivity contribution in [3.63, 3.8) is 0 Å². The van der Waals surface area contributed by atoms with Crippen molar-refractivity contribution in [2.75, 3.05) is 11.8 Å². The quantitative estimate of drug-likeness (QED) is 0.443. The molecule has 0 radical (unpaired) electrons. The van der Waals surface area contributed by atoms with Crippen LogP contribution in [0.4, 0.5) is 11.4 Å². The van der Waals surface area contributed by atoms with Gasteiger partial charge in [0.25, 0.3) is 10.0 Å². The Morgan fingerprint density at radius 3 is 2.50 bits per heavy atom. The van der Waals surface area contributed by atoms with E-state index in [4.69, 9.17) is 4.74 Å². The van der Waals surface area contributed by atoms with Crippen LogP contribution in [-0.2, 0) is 10.0 Å². The summed E-state index contributed by atoms with van der Waals surface area (Å²) in [6.45, 7) is 0. The molecule has 0 saturated carbocycles. The van der Waals surface area contributed by atoms with Crippen molar-refractivity contribution in [1.82, 2.24) is 0 Å². The summed E-state index contributed by atoms with van der Waals surface area (Å²) < 4.78 is 32.7. The molecule has 0 aromatic heterocycles. The number of anilines is 1. The molecule has 0 unspecified atom stereocenters. The van der Waals surface area contributed by atoms with Gasteiger partial charge in [0.05, 0.1) is 22.6 Å². The molecule has 2 rings (SSSR count). The minimum Gasteiger partial charge on any atom is -0.490 e. The lowest BCUT2D eigenvalue weighted by molar-refractivity contribution is -0.386. The van der Waals surface area contributed by atoms with Gasteiger partial charge in [-0.05, 0) is 46.9 Å². The van der Waals surface area contributed by atoms with Crippen LogP contribution in [-0.4, -0.2) is 20.5 Å². The van der Waals surface area contributed by atoms with Gasteiger partial charge in [-0.15, -0.1) is 0 Å². The van der Waals surface area contributed by atoms with Crippen molar-refractivity contribution in [2.24, 2.45) is 0 Å². The molecule has 7 nitrogen and oxygen atoms in total. The van der Waals surface area contributed by atoms with Gasteiger partial charge < -0.3 is 4.74 Å². The van der Waals surface area contributed by atoms with E-state index in [2.05, 4.69) is 4.72 Å². The van der Waals surface area contributed by atoms with Gasteiger partial charge in [0.15, 0.2) is 5.75 Å². The molecule has 116 valence electrons. The maximum Gasteiger partial charge on any atom is 0.312 e. The minimum atomic E-state index is -3.93. The van der Waals surface area contributed by atoms with Crippen LogP contribution in [0.2, 0.25) is 0 Å². The number of halogens is 1. The van der Waals surface area contributed by atoms with Gasteiger partial charge in [-0.1, -0.05) is 12.1 Å². The first-order valence-electron chi connectivity index (χ1n) is 5.95. The molecule has 0 aliphatic rings. The lowest BCUT2D eigenvalue weighted by Gasteiger charge is -2.10. The highest BCUT2D eigenvalue weighted by Gasteiger charge is 2.22. The lowest BCUT2D eigenvalue weighted by Crippen LogP contribution is -2.14. The molecule has 0 fully saturated rings. The molecule has 0 aliphatic heterocycles. The SMILES string of the molecule is COc1ccc(S(=O)(=O)Nc2ccccc2I)cc1[N+](=O)[O-]. The van der Waals surface area contributed by atoms with Crippen LogP contribution < -0.4 is 9.46 Å². The second-order valence-corrected chi connectivity index (χ2v) is 7.02. The normalized spacial score (nSPS) is 11.0. The monoisotopic (exact) mass is 434 g/mol. The first-order valence-corrected chi connectivity index (χ1v) is 8.51. The predicted octanol–water partition coefficient (Wildman–Crippen LogP) is 3.01. The van der Waals surface area contributed by atoms with E-state index in [-0.39, 0.29) is 10.6 Å². The van der Waals surface area contributed by atoms with Gasteiger partial charge in [0.1, 0.15) is 0 Å². The van der Waals surface area contributed by atoms with Crippen LogP contribution >= 0.6 is 22.6 Å². The van der Waals surface area contributed by atoms with Crippen molar-refractivity contribution in [3.05, 3.63) is 56.1 Å². The Bertz CT molecular complexity index is 823. The molecule has 0 aliphatic carbocycles. The lowest BCUT2D eigenvalue weighted by atomic mass is 10.3. The highest BCUT2D eigenvalue weighted by molar-refractivity contribution is 14.1. The zero-order chi connectivity index (χ0) is 16.3.